The summed E-state index contributed by atoms with van der Waals surface area (Å²) in [4.78, 5) is 18.7. The zero-order chi connectivity index (χ0) is 15.4. The second-order valence-corrected chi connectivity index (χ2v) is 6.44. The van der Waals surface area contributed by atoms with Gasteiger partial charge in [-0.1, -0.05) is 24.4 Å². The predicted octanol–water partition coefficient (Wildman–Crippen LogP) is 2.12. The molecule has 0 bridgehead atoms. The number of carbonyl (C=O) groups excluding carboxylic acids is 1. The lowest BCUT2D eigenvalue weighted by Gasteiger charge is -2.39. The van der Waals surface area contributed by atoms with Crippen LogP contribution in [0.15, 0.2) is 4.52 Å². The van der Waals surface area contributed by atoms with Crippen LogP contribution in [0.25, 0.3) is 0 Å². The van der Waals surface area contributed by atoms with Crippen LogP contribution in [0.5, 0.6) is 0 Å². The molecule has 2 aliphatic rings. The zero-order valence-corrected chi connectivity index (χ0v) is 13.3. The minimum atomic E-state index is 0.240. The van der Waals surface area contributed by atoms with E-state index in [1.807, 2.05) is 4.90 Å². The number of rotatable bonds is 6. The molecule has 0 radical (unpaired) electrons. The second-order valence-electron chi connectivity index (χ2n) is 6.44. The molecular weight excluding hydrogens is 282 g/mol. The van der Waals surface area contributed by atoms with Crippen molar-refractivity contribution in [3.8, 4) is 0 Å². The SMILES string of the molecule is Cc1noc(CCCC(=O)N2CCOCC2CC2CCC2)n1. The summed E-state index contributed by atoms with van der Waals surface area (Å²) in [6.07, 6.45) is 7.05. The molecule has 2 fully saturated rings. The summed E-state index contributed by atoms with van der Waals surface area (Å²) in [5, 5.41) is 3.77. The Morgan fingerprint density at radius 1 is 1.41 bits per heavy atom. The molecule has 22 heavy (non-hydrogen) atoms. The van der Waals surface area contributed by atoms with Crippen LogP contribution in [0.2, 0.25) is 0 Å². The fourth-order valence-electron chi connectivity index (χ4n) is 3.27. The molecule has 0 spiro atoms. The van der Waals surface area contributed by atoms with Gasteiger partial charge < -0.3 is 14.2 Å². The molecule has 122 valence electrons. The zero-order valence-electron chi connectivity index (χ0n) is 13.3. The Kier molecular flexibility index (Phi) is 5.08. The lowest BCUT2D eigenvalue weighted by Crippen LogP contribution is -2.49. The molecular formula is C16H25N3O3. The van der Waals surface area contributed by atoms with Crippen LogP contribution in [0, 0.1) is 12.8 Å². The molecule has 1 aromatic heterocycles. The van der Waals surface area contributed by atoms with E-state index in [1.54, 1.807) is 6.92 Å². The van der Waals surface area contributed by atoms with E-state index in [9.17, 15) is 4.79 Å². The van der Waals surface area contributed by atoms with E-state index in [1.165, 1.54) is 19.3 Å². The highest BCUT2D eigenvalue weighted by atomic mass is 16.5. The molecule has 1 saturated carbocycles. The van der Waals surface area contributed by atoms with E-state index in [0.717, 1.165) is 25.3 Å². The van der Waals surface area contributed by atoms with Crippen molar-refractivity contribution in [3.63, 3.8) is 0 Å². The smallest absolute Gasteiger partial charge is 0.226 e. The van der Waals surface area contributed by atoms with Crippen molar-refractivity contribution in [2.45, 2.75) is 57.9 Å². The van der Waals surface area contributed by atoms with Gasteiger partial charge in [0.15, 0.2) is 5.82 Å². The van der Waals surface area contributed by atoms with Crippen molar-refractivity contribution >= 4 is 5.91 Å². The molecule has 0 aromatic carbocycles. The molecule has 1 aliphatic carbocycles. The summed E-state index contributed by atoms with van der Waals surface area (Å²) < 4.78 is 10.7. The van der Waals surface area contributed by atoms with Gasteiger partial charge in [-0.3, -0.25) is 4.79 Å². The summed E-state index contributed by atoms with van der Waals surface area (Å²) in [5.74, 6) is 2.31. The summed E-state index contributed by atoms with van der Waals surface area (Å²) in [6, 6.07) is 0.275. The summed E-state index contributed by atoms with van der Waals surface area (Å²) in [7, 11) is 0. The van der Waals surface area contributed by atoms with Gasteiger partial charge in [0.2, 0.25) is 11.8 Å². The van der Waals surface area contributed by atoms with E-state index >= 15 is 0 Å². The van der Waals surface area contributed by atoms with E-state index in [2.05, 4.69) is 10.1 Å². The van der Waals surface area contributed by atoms with E-state index in [0.29, 0.717) is 37.8 Å². The van der Waals surface area contributed by atoms with E-state index in [4.69, 9.17) is 9.26 Å². The molecule has 1 saturated heterocycles. The number of nitrogens with zero attached hydrogens (tertiary/aromatic N) is 3. The molecule has 1 unspecified atom stereocenters. The Morgan fingerprint density at radius 2 is 2.27 bits per heavy atom. The second kappa shape index (κ2) is 7.22. The molecule has 0 N–H and O–H groups in total. The number of morpholine rings is 1. The third kappa shape index (κ3) is 3.85. The number of hydrogen-bond acceptors (Lipinski definition) is 5. The minimum absolute atomic E-state index is 0.240. The molecule has 6 nitrogen and oxygen atoms in total. The Labute approximate surface area is 131 Å². The van der Waals surface area contributed by atoms with Crippen LogP contribution in [0.1, 0.15) is 50.2 Å². The van der Waals surface area contributed by atoms with Crippen molar-refractivity contribution in [2.75, 3.05) is 19.8 Å². The van der Waals surface area contributed by atoms with Crippen molar-refractivity contribution in [1.29, 1.82) is 0 Å². The minimum Gasteiger partial charge on any atom is -0.377 e. The number of amides is 1. The number of hydrogen-bond donors (Lipinski definition) is 0. The average Bonchev–Trinajstić information content (AvgIpc) is 2.89. The first-order valence-electron chi connectivity index (χ1n) is 8.39. The number of carbonyl (C=O) groups is 1. The highest BCUT2D eigenvalue weighted by molar-refractivity contribution is 5.76. The van der Waals surface area contributed by atoms with Gasteiger partial charge in [0, 0.05) is 19.4 Å². The van der Waals surface area contributed by atoms with Gasteiger partial charge in [0.25, 0.3) is 0 Å². The lowest BCUT2D eigenvalue weighted by molar-refractivity contribution is -0.141. The standard InChI is InChI=1S/C16H25N3O3/c1-12-17-15(22-18-12)6-3-7-16(20)19-8-9-21-11-14(19)10-13-4-2-5-13/h13-14H,2-11H2,1H3. The van der Waals surface area contributed by atoms with Crippen LogP contribution in [0.4, 0.5) is 0 Å². The number of aromatic nitrogens is 2. The number of aryl methyl sites for hydroxylation is 2. The van der Waals surface area contributed by atoms with Gasteiger partial charge in [-0.15, -0.1) is 0 Å². The van der Waals surface area contributed by atoms with Crippen molar-refractivity contribution in [2.24, 2.45) is 5.92 Å². The van der Waals surface area contributed by atoms with Gasteiger partial charge in [-0.25, -0.2) is 0 Å². The summed E-state index contributed by atoms with van der Waals surface area (Å²) in [6.45, 7) is 3.90. The van der Waals surface area contributed by atoms with E-state index in [-0.39, 0.29) is 11.9 Å². The van der Waals surface area contributed by atoms with Crippen molar-refractivity contribution in [1.82, 2.24) is 15.0 Å². The van der Waals surface area contributed by atoms with Gasteiger partial charge in [0.05, 0.1) is 19.3 Å². The van der Waals surface area contributed by atoms with E-state index < -0.39 is 0 Å². The Morgan fingerprint density at radius 3 is 2.95 bits per heavy atom. The third-order valence-corrected chi connectivity index (χ3v) is 4.73. The normalized spacial score (nSPS) is 22.6. The maximum atomic E-state index is 12.5. The fraction of sp³-hybridized carbons (Fsp3) is 0.812. The maximum Gasteiger partial charge on any atom is 0.226 e. The molecule has 2 heterocycles. The van der Waals surface area contributed by atoms with Gasteiger partial charge in [-0.05, 0) is 25.7 Å². The van der Waals surface area contributed by atoms with Crippen molar-refractivity contribution in [3.05, 3.63) is 11.7 Å². The first-order valence-corrected chi connectivity index (χ1v) is 8.39. The summed E-state index contributed by atoms with van der Waals surface area (Å²) >= 11 is 0. The fourth-order valence-corrected chi connectivity index (χ4v) is 3.27. The van der Waals surface area contributed by atoms with Crippen LogP contribution in [-0.2, 0) is 16.0 Å². The maximum absolute atomic E-state index is 12.5. The first-order chi connectivity index (χ1) is 10.7. The van der Waals surface area contributed by atoms with Gasteiger partial charge in [0.1, 0.15) is 0 Å². The molecule has 6 heteroatoms. The Hall–Kier alpha value is -1.43. The topological polar surface area (TPSA) is 68.5 Å². The third-order valence-electron chi connectivity index (χ3n) is 4.73. The van der Waals surface area contributed by atoms with Gasteiger partial charge in [-0.2, -0.15) is 4.98 Å². The highest BCUT2D eigenvalue weighted by Crippen LogP contribution is 2.32. The molecule has 1 amide bonds. The summed E-state index contributed by atoms with van der Waals surface area (Å²) in [5.41, 5.74) is 0. The largest absolute Gasteiger partial charge is 0.377 e. The average molecular weight is 307 g/mol. The number of ether oxygens (including phenoxy) is 1. The molecule has 1 atom stereocenters. The van der Waals surface area contributed by atoms with Crippen LogP contribution in [0.3, 0.4) is 0 Å². The van der Waals surface area contributed by atoms with Crippen molar-refractivity contribution < 1.29 is 14.1 Å². The van der Waals surface area contributed by atoms with Crippen LogP contribution < -0.4 is 0 Å². The van der Waals surface area contributed by atoms with Crippen LogP contribution >= 0.6 is 0 Å². The molecule has 3 rings (SSSR count). The monoisotopic (exact) mass is 307 g/mol. The first kappa shape index (κ1) is 15.5. The molecule has 1 aliphatic heterocycles. The molecule has 1 aromatic rings. The Balaban J connectivity index is 1.46. The van der Waals surface area contributed by atoms with Crippen LogP contribution in [-0.4, -0.2) is 46.7 Å². The van der Waals surface area contributed by atoms with Gasteiger partial charge >= 0.3 is 0 Å². The highest BCUT2D eigenvalue weighted by Gasteiger charge is 2.31. The Bertz CT molecular complexity index is 499. The lowest BCUT2D eigenvalue weighted by atomic mass is 9.80. The predicted molar refractivity (Wildman–Crippen MR) is 80.3 cm³/mol. The quantitative estimate of drug-likeness (QED) is 0.805.